The predicted molar refractivity (Wildman–Crippen MR) is 104 cm³/mol. The van der Waals surface area contributed by atoms with Gasteiger partial charge in [0, 0.05) is 19.2 Å². The summed E-state index contributed by atoms with van der Waals surface area (Å²) in [5.74, 6) is 1.70. The minimum atomic E-state index is -0.709. The van der Waals surface area contributed by atoms with Crippen LogP contribution in [0.25, 0.3) is 0 Å². The Kier molecular flexibility index (Phi) is 4.63. The van der Waals surface area contributed by atoms with Gasteiger partial charge in [-0.25, -0.2) is 0 Å². The number of ether oxygens (including phenoxy) is 1. The lowest BCUT2D eigenvalue weighted by Gasteiger charge is -2.43. The average molecular weight is 388 g/mol. The second-order valence-electron chi connectivity index (χ2n) is 8.79. The van der Waals surface area contributed by atoms with Crippen LogP contribution in [0.15, 0.2) is 23.4 Å². The Morgan fingerprint density at radius 2 is 2.07 bits per heavy atom. The highest BCUT2D eigenvalue weighted by molar-refractivity contribution is 5.84. The van der Waals surface area contributed by atoms with Gasteiger partial charge in [0.05, 0.1) is 18.9 Å². The molecule has 1 aromatic carbocycles. The Morgan fingerprint density at radius 3 is 2.71 bits per heavy atom. The predicted octanol–water partition coefficient (Wildman–Crippen LogP) is 3.01. The standard InChI is InChI=1S/C21H28N2O5/c1-20(19(25)26)5-7-23(8-6-20)18-13-21(28-22-18)11-14(12-21)9-15-3-4-16(24)10-17(15)27-2/h3-4,10,14,24H,5-9,11-13H2,1-2H3,(H,25,26). The number of amidine groups is 1. The molecule has 1 saturated heterocycles. The molecule has 2 aliphatic heterocycles. The minimum Gasteiger partial charge on any atom is -0.508 e. The Hall–Kier alpha value is -2.44. The van der Waals surface area contributed by atoms with Crippen molar-refractivity contribution in [3.05, 3.63) is 23.8 Å². The lowest BCUT2D eigenvalue weighted by molar-refractivity contribution is -0.150. The number of rotatable bonds is 4. The monoisotopic (exact) mass is 388 g/mol. The summed E-state index contributed by atoms with van der Waals surface area (Å²) in [6, 6.07) is 5.27. The molecule has 3 aliphatic rings. The first-order valence-electron chi connectivity index (χ1n) is 9.92. The van der Waals surface area contributed by atoms with Gasteiger partial charge in [-0.05, 0) is 56.6 Å². The molecule has 28 heavy (non-hydrogen) atoms. The lowest BCUT2D eigenvalue weighted by atomic mass is 9.67. The van der Waals surface area contributed by atoms with Crippen LogP contribution in [0.2, 0.25) is 0 Å². The number of phenols is 1. The molecule has 2 fully saturated rings. The molecule has 7 nitrogen and oxygen atoms in total. The van der Waals surface area contributed by atoms with Crippen LogP contribution in [0, 0.1) is 11.3 Å². The topological polar surface area (TPSA) is 91.6 Å². The smallest absolute Gasteiger partial charge is 0.309 e. The maximum absolute atomic E-state index is 11.4. The molecule has 152 valence electrons. The normalized spacial score (nSPS) is 28.4. The van der Waals surface area contributed by atoms with Crippen molar-refractivity contribution in [2.75, 3.05) is 20.2 Å². The number of piperidine rings is 1. The molecule has 1 saturated carbocycles. The van der Waals surface area contributed by atoms with Gasteiger partial charge in [-0.3, -0.25) is 4.79 Å². The highest BCUT2D eigenvalue weighted by Crippen LogP contribution is 2.49. The largest absolute Gasteiger partial charge is 0.508 e. The van der Waals surface area contributed by atoms with E-state index in [9.17, 15) is 15.0 Å². The summed E-state index contributed by atoms with van der Waals surface area (Å²) < 4.78 is 5.38. The molecule has 0 aromatic heterocycles. The van der Waals surface area contributed by atoms with Gasteiger partial charge in [-0.15, -0.1) is 0 Å². The van der Waals surface area contributed by atoms with Gasteiger partial charge in [0.15, 0.2) is 0 Å². The van der Waals surface area contributed by atoms with E-state index in [0.717, 1.165) is 55.9 Å². The molecule has 4 rings (SSSR count). The summed E-state index contributed by atoms with van der Waals surface area (Å²) in [6.07, 6.45) is 4.87. The highest BCUT2D eigenvalue weighted by Gasteiger charge is 2.52. The summed E-state index contributed by atoms with van der Waals surface area (Å²) in [4.78, 5) is 19.5. The Bertz CT molecular complexity index is 792. The van der Waals surface area contributed by atoms with Gasteiger partial charge >= 0.3 is 5.97 Å². The third-order valence-electron chi connectivity index (χ3n) is 6.67. The number of oxime groups is 1. The van der Waals surface area contributed by atoms with Crippen LogP contribution in [0.4, 0.5) is 0 Å². The number of methoxy groups -OCH3 is 1. The van der Waals surface area contributed by atoms with Crippen LogP contribution in [0.5, 0.6) is 11.5 Å². The van der Waals surface area contributed by atoms with Crippen molar-refractivity contribution in [3.8, 4) is 11.5 Å². The molecular formula is C21H28N2O5. The summed E-state index contributed by atoms with van der Waals surface area (Å²) in [5, 5.41) is 23.3. The van der Waals surface area contributed by atoms with E-state index in [2.05, 4.69) is 10.1 Å². The third-order valence-corrected chi connectivity index (χ3v) is 6.67. The number of benzene rings is 1. The van der Waals surface area contributed by atoms with Crippen molar-refractivity contribution in [1.82, 2.24) is 4.90 Å². The van der Waals surface area contributed by atoms with Crippen LogP contribution >= 0.6 is 0 Å². The van der Waals surface area contributed by atoms with Gasteiger partial charge < -0.3 is 24.7 Å². The average Bonchev–Trinajstić information content (AvgIpc) is 3.08. The molecule has 2 N–H and O–H groups in total. The molecule has 7 heteroatoms. The van der Waals surface area contributed by atoms with Crippen molar-refractivity contribution in [3.63, 3.8) is 0 Å². The number of carboxylic acids is 1. The summed E-state index contributed by atoms with van der Waals surface area (Å²) >= 11 is 0. The molecule has 1 aromatic rings. The van der Waals surface area contributed by atoms with Crippen LogP contribution in [0.3, 0.4) is 0 Å². The van der Waals surface area contributed by atoms with Gasteiger partial charge in [-0.1, -0.05) is 11.2 Å². The molecule has 0 atom stereocenters. The molecular weight excluding hydrogens is 360 g/mol. The number of nitrogens with zero attached hydrogens (tertiary/aromatic N) is 2. The lowest BCUT2D eigenvalue weighted by Crippen LogP contribution is -2.48. The minimum absolute atomic E-state index is 0.197. The van der Waals surface area contributed by atoms with Crippen LogP contribution < -0.4 is 4.74 Å². The van der Waals surface area contributed by atoms with Crippen molar-refractivity contribution in [2.24, 2.45) is 16.5 Å². The highest BCUT2D eigenvalue weighted by atomic mass is 16.7. The van der Waals surface area contributed by atoms with E-state index in [1.165, 1.54) is 0 Å². The fourth-order valence-electron chi connectivity index (χ4n) is 4.71. The fourth-order valence-corrected chi connectivity index (χ4v) is 4.71. The second kappa shape index (κ2) is 6.87. The fraction of sp³-hybridized carbons (Fsp3) is 0.619. The second-order valence-corrected chi connectivity index (χ2v) is 8.79. The Morgan fingerprint density at radius 1 is 1.36 bits per heavy atom. The zero-order valence-electron chi connectivity index (χ0n) is 16.5. The first-order valence-corrected chi connectivity index (χ1v) is 9.92. The van der Waals surface area contributed by atoms with Gasteiger partial charge in [0.25, 0.3) is 0 Å². The van der Waals surface area contributed by atoms with E-state index in [-0.39, 0.29) is 11.4 Å². The SMILES string of the molecule is COc1cc(O)ccc1CC1CC2(CC(N3CCC(C)(C(=O)O)CC3)=NO2)C1. The molecule has 1 spiro atoms. The molecule has 0 radical (unpaired) electrons. The van der Waals surface area contributed by atoms with E-state index in [4.69, 9.17) is 9.57 Å². The summed E-state index contributed by atoms with van der Waals surface area (Å²) in [6.45, 7) is 3.26. The molecule has 0 bridgehead atoms. The molecule has 0 amide bonds. The van der Waals surface area contributed by atoms with Crippen LogP contribution in [0.1, 0.15) is 44.6 Å². The van der Waals surface area contributed by atoms with Crippen LogP contribution in [-0.4, -0.2) is 52.7 Å². The number of carbonyl (C=O) groups is 1. The number of aromatic hydroxyl groups is 1. The number of hydrogen-bond acceptors (Lipinski definition) is 6. The van der Waals surface area contributed by atoms with E-state index in [1.54, 1.807) is 19.2 Å². The maximum atomic E-state index is 11.4. The van der Waals surface area contributed by atoms with Gasteiger partial charge in [0.1, 0.15) is 22.9 Å². The number of hydrogen-bond donors (Lipinski definition) is 2. The number of carboxylic acid groups (broad SMARTS) is 1. The summed E-state index contributed by atoms with van der Waals surface area (Å²) in [5.41, 5.74) is 0.277. The van der Waals surface area contributed by atoms with E-state index < -0.39 is 11.4 Å². The van der Waals surface area contributed by atoms with E-state index in [1.807, 2.05) is 13.0 Å². The Balaban J connectivity index is 1.29. The third kappa shape index (κ3) is 3.38. The zero-order valence-corrected chi connectivity index (χ0v) is 16.5. The first-order chi connectivity index (χ1) is 13.3. The van der Waals surface area contributed by atoms with Gasteiger partial charge in [-0.2, -0.15) is 0 Å². The van der Waals surface area contributed by atoms with Crippen molar-refractivity contribution < 1.29 is 24.6 Å². The maximum Gasteiger partial charge on any atom is 0.309 e. The number of phenolic OH excluding ortho intramolecular Hbond substituents is 1. The first kappa shape index (κ1) is 18.9. The molecule has 1 aliphatic carbocycles. The summed E-state index contributed by atoms with van der Waals surface area (Å²) in [7, 11) is 1.62. The zero-order chi connectivity index (χ0) is 19.9. The quantitative estimate of drug-likeness (QED) is 0.824. The number of likely N-dealkylation sites (tertiary alicyclic amines) is 1. The number of aliphatic carboxylic acids is 1. The van der Waals surface area contributed by atoms with Crippen molar-refractivity contribution in [2.45, 2.75) is 51.0 Å². The van der Waals surface area contributed by atoms with E-state index >= 15 is 0 Å². The molecule has 2 heterocycles. The molecule has 0 unspecified atom stereocenters. The van der Waals surface area contributed by atoms with E-state index in [0.29, 0.717) is 18.8 Å². The van der Waals surface area contributed by atoms with Gasteiger partial charge in [0.2, 0.25) is 0 Å². The van der Waals surface area contributed by atoms with Crippen molar-refractivity contribution in [1.29, 1.82) is 0 Å². The van der Waals surface area contributed by atoms with Crippen LogP contribution in [-0.2, 0) is 16.1 Å². The van der Waals surface area contributed by atoms with Crippen molar-refractivity contribution >= 4 is 11.8 Å². The Labute approximate surface area is 164 Å².